The van der Waals surface area contributed by atoms with Gasteiger partial charge in [0.15, 0.2) is 0 Å². The zero-order valence-electron chi connectivity index (χ0n) is 46.2. The highest BCUT2D eigenvalue weighted by molar-refractivity contribution is 7.99. The van der Waals surface area contributed by atoms with Gasteiger partial charge in [-0.1, -0.05) is 204 Å². The summed E-state index contributed by atoms with van der Waals surface area (Å²) in [6, 6.07) is 55.1. The van der Waals surface area contributed by atoms with Gasteiger partial charge in [-0.2, -0.15) is 0 Å². The fourth-order valence-electron chi connectivity index (χ4n) is 14.0. The fourth-order valence-corrected chi connectivity index (χ4v) is 16.9. The Balaban J connectivity index is 0.886. The molecule has 10 aromatic rings. The van der Waals surface area contributed by atoms with E-state index in [-0.39, 0.29) is 27.1 Å². The molecule has 4 aliphatic rings. The van der Waals surface area contributed by atoms with Crippen LogP contribution in [0.3, 0.4) is 0 Å². The summed E-state index contributed by atoms with van der Waals surface area (Å²) >= 11 is 3.90. The number of thiophene rings is 1. The zero-order valence-corrected chi connectivity index (χ0v) is 47.9. The van der Waals surface area contributed by atoms with Crippen LogP contribution in [-0.2, 0) is 21.7 Å². The highest BCUT2D eigenvalue weighted by Gasteiger charge is 2.46. The Hall–Kier alpha value is -6.71. The van der Waals surface area contributed by atoms with E-state index in [1.54, 1.807) is 0 Å². The maximum atomic E-state index is 4.53. The number of rotatable bonds is 2. The predicted molar refractivity (Wildman–Crippen MR) is 333 cm³/mol. The maximum absolute atomic E-state index is 4.53. The minimum atomic E-state index is -0.220. The first-order valence-corrected chi connectivity index (χ1v) is 29.2. The normalized spacial score (nSPS) is 17.8. The Kier molecular flexibility index (Phi) is 10.0. The fraction of sp³-hybridized carbons (Fsp3) is 0.243. The molecule has 3 aliphatic carbocycles. The third kappa shape index (κ3) is 6.69. The van der Waals surface area contributed by atoms with Gasteiger partial charge in [-0.3, -0.25) is 0 Å². The molecule has 0 nitrogen and oxygen atoms in total. The van der Waals surface area contributed by atoms with E-state index in [0.29, 0.717) is 0 Å². The van der Waals surface area contributed by atoms with Crippen LogP contribution in [0.25, 0.3) is 103 Å². The number of allylic oxidation sites excluding steroid dienone is 4. The Labute approximate surface area is 458 Å². The molecule has 0 atom stereocenters. The van der Waals surface area contributed by atoms with E-state index in [2.05, 4.69) is 247 Å². The number of hydrogen-bond donors (Lipinski definition) is 0. The molecular formula is C74H66S2. The lowest BCUT2D eigenvalue weighted by atomic mass is 9.78. The first-order valence-electron chi connectivity index (χ1n) is 27.4. The summed E-state index contributed by atoms with van der Waals surface area (Å²) in [4.78, 5) is 1.29. The molecule has 0 fully saturated rings. The third-order valence-corrected chi connectivity index (χ3v) is 20.8. The minimum Gasteiger partial charge on any atom is -0.135 e. The van der Waals surface area contributed by atoms with E-state index in [1.165, 1.54) is 152 Å². The summed E-state index contributed by atoms with van der Waals surface area (Å²) in [5, 5.41) is 8.02. The van der Waals surface area contributed by atoms with Crippen LogP contribution in [-0.4, -0.2) is 5.75 Å². The molecule has 9 aromatic carbocycles. The molecule has 1 aliphatic heterocycles. The number of fused-ring (bicyclic) bond motifs is 17. The molecule has 0 amide bonds. The molecule has 14 rings (SSSR count). The minimum absolute atomic E-state index is 0.0764. The molecule has 76 heavy (non-hydrogen) atoms. The van der Waals surface area contributed by atoms with E-state index >= 15 is 0 Å². The summed E-state index contributed by atoms with van der Waals surface area (Å²) < 4.78 is 2.77. The summed E-state index contributed by atoms with van der Waals surface area (Å²) in [5.41, 5.74) is 26.7. The van der Waals surface area contributed by atoms with Crippen LogP contribution in [0, 0.1) is 5.41 Å². The second-order valence-corrected chi connectivity index (χ2v) is 28.2. The van der Waals surface area contributed by atoms with Gasteiger partial charge in [-0.25, -0.2) is 0 Å². The molecule has 2 heterocycles. The van der Waals surface area contributed by atoms with Crippen molar-refractivity contribution in [1.82, 2.24) is 0 Å². The predicted octanol–water partition coefficient (Wildman–Crippen LogP) is 21.6. The summed E-state index contributed by atoms with van der Waals surface area (Å²) in [7, 11) is 0. The Bertz CT molecular complexity index is 4330. The largest absolute Gasteiger partial charge is 0.135 e. The quantitative estimate of drug-likeness (QED) is 0.166. The van der Waals surface area contributed by atoms with Crippen molar-refractivity contribution < 1.29 is 0 Å². The van der Waals surface area contributed by atoms with E-state index in [1.807, 2.05) is 23.1 Å². The SMILES string of the molecule is C=C1/C=C\C=C(\C(C)(C)C)CSc2cc(-c3cc4c(c5ccccc35)-c3cc5c(cc3C4(C)C)-c3cc4c(cc3C5(C)C)-c3c(cc(-c5ccc6c(c5)sc5c(C(C)(C)C)cccc56)c5ccccc35)C4(C)C)ccc21. The van der Waals surface area contributed by atoms with Gasteiger partial charge in [0.05, 0.1) is 0 Å². The molecule has 0 radical (unpaired) electrons. The van der Waals surface area contributed by atoms with Crippen LogP contribution >= 0.6 is 23.1 Å². The summed E-state index contributed by atoms with van der Waals surface area (Å²) in [6.45, 7) is 33.3. The van der Waals surface area contributed by atoms with Crippen molar-refractivity contribution in [2.45, 2.75) is 110 Å². The maximum Gasteiger partial charge on any atom is 0.0392 e. The number of hydrogen-bond acceptors (Lipinski definition) is 2. The van der Waals surface area contributed by atoms with Crippen LogP contribution in [0.5, 0.6) is 0 Å². The van der Waals surface area contributed by atoms with E-state index in [4.69, 9.17) is 0 Å². The van der Waals surface area contributed by atoms with Crippen molar-refractivity contribution in [3.05, 3.63) is 214 Å². The summed E-state index contributed by atoms with van der Waals surface area (Å²) in [5.74, 6) is 0.949. The summed E-state index contributed by atoms with van der Waals surface area (Å²) in [6.07, 6.45) is 6.67. The molecule has 0 bridgehead atoms. The van der Waals surface area contributed by atoms with Gasteiger partial charge in [0, 0.05) is 47.1 Å². The van der Waals surface area contributed by atoms with E-state index in [9.17, 15) is 0 Å². The number of thioether (sulfide) groups is 1. The van der Waals surface area contributed by atoms with E-state index < -0.39 is 0 Å². The van der Waals surface area contributed by atoms with Crippen molar-refractivity contribution in [3.8, 4) is 55.6 Å². The smallest absolute Gasteiger partial charge is 0.0392 e. The van der Waals surface area contributed by atoms with Gasteiger partial charge in [-0.15, -0.1) is 23.1 Å². The van der Waals surface area contributed by atoms with Crippen molar-refractivity contribution in [1.29, 1.82) is 0 Å². The Morgan fingerprint density at radius 3 is 1.49 bits per heavy atom. The van der Waals surface area contributed by atoms with Gasteiger partial charge < -0.3 is 0 Å². The average molecular weight is 1020 g/mol. The van der Waals surface area contributed by atoms with Gasteiger partial charge in [-0.05, 0) is 187 Å². The van der Waals surface area contributed by atoms with Gasteiger partial charge in [0.25, 0.3) is 0 Å². The molecule has 2 heteroatoms. The van der Waals surface area contributed by atoms with Gasteiger partial charge >= 0.3 is 0 Å². The molecule has 374 valence electrons. The molecule has 0 saturated heterocycles. The van der Waals surface area contributed by atoms with Crippen LogP contribution in [0.1, 0.15) is 128 Å². The standard InChI is InChI=1S/C74H66S2/c1-41-20-18-21-44(70(2,3)4)40-75-65-32-42(28-30-45(41)65)52-34-63-67(49-24-16-14-22-46(49)52)56-38-59-54(36-61(56)73(63,10)11)55-37-62-57(39-60(55)72(59,8)9)68-50-25-17-15-23-47(50)53(35-64(68)74(62,12)13)43-29-31-48-51-26-19-27-58(71(5,6)7)69(51)76-66(48)33-43/h14-39H,1,40H2,2-13H3/b20-18-,44-21+. The highest BCUT2D eigenvalue weighted by atomic mass is 32.2. The van der Waals surface area contributed by atoms with Gasteiger partial charge in [0.2, 0.25) is 0 Å². The van der Waals surface area contributed by atoms with Crippen LogP contribution in [0.4, 0.5) is 0 Å². The molecule has 0 unspecified atom stereocenters. The van der Waals surface area contributed by atoms with Gasteiger partial charge in [0.1, 0.15) is 0 Å². The number of benzene rings is 9. The molecule has 1 aromatic heterocycles. The Morgan fingerprint density at radius 2 is 0.921 bits per heavy atom. The average Bonchev–Trinajstić information content (AvgIpc) is 4.12. The monoisotopic (exact) mass is 1020 g/mol. The molecule has 0 spiro atoms. The lowest BCUT2D eigenvalue weighted by Crippen LogP contribution is -2.17. The first kappa shape index (κ1) is 47.7. The lowest BCUT2D eigenvalue weighted by molar-refractivity contribution is 0.506. The van der Waals surface area contributed by atoms with Crippen molar-refractivity contribution in [2.75, 3.05) is 5.75 Å². The molecule has 0 saturated carbocycles. The second-order valence-electron chi connectivity index (χ2n) is 26.1. The zero-order chi connectivity index (χ0) is 52.7. The van der Waals surface area contributed by atoms with E-state index in [0.717, 1.165) is 11.3 Å². The second kappa shape index (κ2) is 15.9. The topological polar surface area (TPSA) is 0 Å². The molecular weight excluding hydrogens is 953 g/mol. The Morgan fingerprint density at radius 1 is 0.434 bits per heavy atom. The first-order chi connectivity index (χ1) is 36.1. The van der Waals surface area contributed by atoms with Crippen molar-refractivity contribution >= 4 is 70.4 Å². The third-order valence-electron chi connectivity index (χ3n) is 18.5. The lowest BCUT2D eigenvalue weighted by Gasteiger charge is -2.25. The van der Waals surface area contributed by atoms with Crippen molar-refractivity contribution in [2.24, 2.45) is 5.41 Å². The van der Waals surface area contributed by atoms with Crippen molar-refractivity contribution in [3.63, 3.8) is 0 Å². The highest BCUT2D eigenvalue weighted by Crippen LogP contribution is 2.62. The molecule has 0 N–H and O–H groups in total. The van der Waals surface area contributed by atoms with Crippen LogP contribution in [0.2, 0.25) is 0 Å². The van der Waals surface area contributed by atoms with Crippen LogP contribution in [0.15, 0.2) is 175 Å². The van der Waals surface area contributed by atoms with Crippen LogP contribution < -0.4 is 0 Å².